The Kier molecular flexibility index (Phi) is 6.17. The third-order valence-electron chi connectivity index (χ3n) is 3.30. The Morgan fingerprint density at radius 1 is 1.12 bits per heavy atom. The van der Waals surface area contributed by atoms with Gasteiger partial charge in [-0.05, 0) is 11.3 Å². The number of carbonyl (C=O) groups excluding carboxylic acids is 1. The molecule has 0 heterocycles. The van der Waals surface area contributed by atoms with E-state index in [4.69, 9.17) is 9.47 Å². The number of hydrogen-bond donors (Lipinski definition) is 0. The van der Waals surface area contributed by atoms with Crippen molar-refractivity contribution in [2.75, 3.05) is 19.8 Å². The standard InChI is InChI=1S/C14H28O3/c1-11(2)8-16-9-12(15)17-10-14(6,7)13(3,4)5/h11H,8-10H2,1-7H3. The van der Waals surface area contributed by atoms with Crippen molar-refractivity contribution in [1.82, 2.24) is 0 Å². The molecule has 0 aliphatic carbocycles. The molecule has 0 atom stereocenters. The van der Waals surface area contributed by atoms with Crippen LogP contribution in [0.3, 0.4) is 0 Å². The van der Waals surface area contributed by atoms with Crippen molar-refractivity contribution in [3.63, 3.8) is 0 Å². The van der Waals surface area contributed by atoms with Crippen LogP contribution in [0.2, 0.25) is 0 Å². The van der Waals surface area contributed by atoms with E-state index in [0.29, 0.717) is 19.1 Å². The van der Waals surface area contributed by atoms with Gasteiger partial charge >= 0.3 is 5.97 Å². The van der Waals surface area contributed by atoms with Crippen LogP contribution in [0.1, 0.15) is 48.5 Å². The van der Waals surface area contributed by atoms with Crippen LogP contribution in [0, 0.1) is 16.7 Å². The minimum atomic E-state index is -0.275. The van der Waals surface area contributed by atoms with E-state index >= 15 is 0 Å². The zero-order valence-electron chi connectivity index (χ0n) is 12.4. The van der Waals surface area contributed by atoms with Crippen molar-refractivity contribution in [2.45, 2.75) is 48.5 Å². The molecule has 0 rings (SSSR count). The summed E-state index contributed by atoms with van der Waals surface area (Å²) in [7, 11) is 0. The van der Waals surface area contributed by atoms with Crippen LogP contribution in [0.15, 0.2) is 0 Å². The molecule has 0 N–H and O–H groups in total. The molecule has 0 bridgehead atoms. The van der Waals surface area contributed by atoms with E-state index in [1.54, 1.807) is 0 Å². The summed E-state index contributed by atoms with van der Waals surface area (Å²) >= 11 is 0. The molecule has 102 valence electrons. The van der Waals surface area contributed by atoms with Crippen molar-refractivity contribution >= 4 is 5.97 Å². The molecule has 0 radical (unpaired) electrons. The first-order valence-electron chi connectivity index (χ1n) is 6.29. The average molecular weight is 244 g/mol. The maximum absolute atomic E-state index is 11.5. The molecule has 0 aromatic rings. The van der Waals surface area contributed by atoms with Gasteiger partial charge in [0.25, 0.3) is 0 Å². The Morgan fingerprint density at radius 2 is 1.65 bits per heavy atom. The first-order valence-corrected chi connectivity index (χ1v) is 6.29. The van der Waals surface area contributed by atoms with E-state index in [9.17, 15) is 4.79 Å². The van der Waals surface area contributed by atoms with Crippen molar-refractivity contribution in [3.05, 3.63) is 0 Å². The Labute approximate surface area is 106 Å². The number of carbonyl (C=O) groups is 1. The molecular weight excluding hydrogens is 216 g/mol. The molecule has 17 heavy (non-hydrogen) atoms. The van der Waals surface area contributed by atoms with Crippen LogP contribution in [0.5, 0.6) is 0 Å². The number of ether oxygens (including phenoxy) is 2. The average Bonchev–Trinajstić information content (AvgIpc) is 2.12. The predicted molar refractivity (Wildman–Crippen MR) is 69.9 cm³/mol. The zero-order valence-corrected chi connectivity index (χ0v) is 12.4. The summed E-state index contributed by atoms with van der Waals surface area (Å²) in [5, 5.41) is 0. The molecule has 0 amide bonds. The normalized spacial score (nSPS) is 12.9. The van der Waals surface area contributed by atoms with Crippen LogP contribution in [0.4, 0.5) is 0 Å². The molecule has 0 aromatic carbocycles. The summed E-state index contributed by atoms with van der Waals surface area (Å²) in [5.74, 6) is 0.164. The quantitative estimate of drug-likeness (QED) is 0.673. The Hall–Kier alpha value is -0.570. The fourth-order valence-electron chi connectivity index (χ4n) is 0.897. The molecule has 3 heteroatoms. The highest BCUT2D eigenvalue weighted by Crippen LogP contribution is 2.37. The van der Waals surface area contributed by atoms with Crippen LogP contribution in [-0.4, -0.2) is 25.8 Å². The van der Waals surface area contributed by atoms with Crippen molar-refractivity contribution in [3.8, 4) is 0 Å². The number of hydrogen-bond acceptors (Lipinski definition) is 3. The second-order valence-corrected chi connectivity index (χ2v) is 6.70. The topological polar surface area (TPSA) is 35.5 Å². The van der Waals surface area contributed by atoms with Gasteiger partial charge in [0, 0.05) is 12.0 Å². The van der Waals surface area contributed by atoms with Crippen molar-refractivity contribution < 1.29 is 14.3 Å². The molecule has 0 saturated carbocycles. The van der Waals surface area contributed by atoms with Gasteiger partial charge in [-0.25, -0.2) is 4.79 Å². The fraction of sp³-hybridized carbons (Fsp3) is 0.929. The third kappa shape index (κ3) is 6.67. The molecule has 0 aromatic heterocycles. The van der Waals surface area contributed by atoms with Gasteiger partial charge in [0.15, 0.2) is 0 Å². The van der Waals surface area contributed by atoms with Crippen molar-refractivity contribution in [1.29, 1.82) is 0 Å². The maximum Gasteiger partial charge on any atom is 0.332 e. The SMILES string of the molecule is CC(C)COCC(=O)OCC(C)(C)C(C)(C)C. The van der Waals surface area contributed by atoms with Crippen LogP contribution in [-0.2, 0) is 14.3 Å². The molecule has 0 fully saturated rings. The first-order chi connectivity index (χ1) is 7.56. The summed E-state index contributed by atoms with van der Waals surface area (Å²) in [6.07, 6.45) is 0. The van der Waals surface area contributed by atoms with Gasteiger partial charge in [0.05, 0.1) is 6.61 Å². The van der Waals surface area contributed by atoms with E-state index in [2.05, 4.69) is 34.6 Å². The molecule has 0 spiro atoms. The third-order valence-corrected chi connectivity index (χ3v) is 3.30. The molecule has 0 saturated heterocycles. The molecule has 0 aliphatic heterocycles. The summed E-state index contributed by atoms with van der Waals surface area (Å²) in [4.78, 5) is 11.5. The lowest BCUT2D eigenvalue weighted by molar-refractivity contribution is -0.154. The lowest BCUT2D eigenvalue weighted by atomic mass is 9.70. The second-order valence-electron chi connectivity index (χ2n) is 6.70. The van der Waals surface area contributed by atoms with Gasteiger partial charge < -0.3 is 9.47 Å². The zero-order chi connectivity index (χ0) is 13.7. The highest BCUT2D eigenvalue weighted by Gasteiger charge is 2.34. The minimum absolute atomic E-state index is 0.0410. The summed E-state index contributed by atoms with van der Waals surface area (Å²) in [5.41, 5.74) is 0.0623. The van der Waals surface area contributed by atoms with Crippen LogP contribution in [0.25, 0.3) is 0 Å². The lowest BCUT2D eigenvalue weighted by Gasteiger charge is -2.38. The second kappa shape index (κ2) is 6.39. The first kappa shape index (κ1) is 16.4. The maximum atomic E-state index is 11.5. The lowest BCUT2D eigenvalue weighted by Crippen LogP contribution is -2.35. The van der Waals surface area contributed by atoms with Crippen LogP contribution >= 0.6 is 0 Å². The van der Waals surface area contributed by atoms with Gasteiger partial charge in [-0.1, -0.05) is 48.5 Å². The number of esters is 1. The summed E-state index contributed by atoms with van der Waals surface area (Å²) in [6, 6.07) is 0. The van der Waals surface area contributed by atoms with E-state index in [0.717, 1.165) is 0 Å². The highest BCUT2D eigenvalue weighted by molar-refractivity contribution is 5.70. The minimum Gasteiger partial charge on any atom is -0.463 e. The van der Waals surface area contributed by atoms with E-state index < -0.39 is 0 Å². The van der Waals surface area contributed by atoms with Crippen LogP contribution < -0.4 is 0 Å². The van der Waals surface area contributed by atoms with Gasteiger partial charge in [-0.15, -0.1) is 0 Å². The Balaban J connectivity index is 3.92. The largest absolute Gasteiger partial charge is 0.463 e. The van der Waals surface area contributed by atoms with E-state index in [1.165, 1.54) is 0 Å². The van der Waals surface area contributed by atoms with E-state index in [1.807, 2.05) is 13.8 Å². The monoisotopic (exact) mass is 244 g/mol. The van der Waals surface area contributed by atoms with Gasteiger partial charge in [0.1, 0.15) is 6.61 Å². The Morgan fingerprint density at radius 3 is 2.06 bits per heavy atom. The molecule has 0 unspecified atom stereocenters. The summed E-state index contributed by atoms with van der Waals surface area (Å²) in [6.45, 7) is 15.8. The van der Waals surface area contributed by atoms with Gasteiger partial charge in [-0.2, -0.15) is 0 Å². The van der Waals surface area contributed by atoms with Gasteiger partial charge in [0.2, 0.25) is 0 Å². The predicted octanol–water partition coefficient (Wildman–Crippen LogP) is 3.27. The fourth-order valence-corrected chi connectivity index (χ4v) is 0.897. The number of rotatable bonds is 6. The Bertz CT molecular complexity index is 236. The van der Waals surface area contributed by atoms with Gasteiger partial charge in [-0.3, -0.25) is 0 Å². The summed E-state index contributed by atoms with van der Waals surface area (Å²) < 4.78 is 10.5. The molecule has 0 aliphatic rings. The highest BCUT2D eigenvalue weighted by atomic mass is 16.6. The van der Waals surface area contributed by atoms with E-state index in [-0.39, 0.29) is 23.4 Å². The molecular formula is C14H28O3. The molecule has 3 nitrogen and oxygen atoms in total. The smallest absolute Gasteiger partial charge is 0.332 e. The van der Waals surface area contributed by atoms with Crippen molar-refractivity contribution in [2.24, 2.45) is 16.7 Å².